The van der Waals surface area contributed by atoms with E-state index >= 15 is 0 Å². The van der Waals surface area contributed by atoms with E-state index in [1.807, 2.05) is 53.4 Å². The zero-order chi connectivity index (χ0) is 24.5. The first-order valence-electron chi connectivity index (χ1n) is 12.1. The van der Waals surface area contributed by atoms with Crippen LogP contribution in [0, 0.1) is 11.7 Å². The molecule has 5 nitrogen and oxygen atoms in total. The monoisotopic (exact) mass is 472 g/mol. The Balaban J connectivity index is 1.43. The molecule has 6 heteroatoms. The number of amides is 2. The van der Waals surface area contributed by atoms with Crippen LogP contribution in [0.3, 0.4) is 0 Å². The average Bonchev–Trinajstić information content (AvgIpc) is 3.73. The highest BCUT2D eigenvalue weighted by Crippen LogP contribution is 2.41. The van der Waals surface area contributed by atoms with Crippen molar-refractivity contribution in [2.75, 3.05) is 18.5 Å². The summed E-state index contributed by atoms with van der Waals surface area (Å²) >= 11 is 0. The fourth-order valence-corrected chi connectivity index (χ4v) is 4.78. The Morgan fingerprint density at radius 1 is 1.03 bits per heavy atom. The van der Waals surface area contributed by atoms with Crippen LogP contribution in [-0.4, -0.2) is 36.4 Å². The van der Waals surface area contributed by atoms with Gasteiger partial charge < -0.3 is 14.5 Å². The molecular formula is C29H29FN2O3. The third-order valence-corrected chi connectivity index (χ3v) is 6.88. The van der Waals surface area contributed by atoms with E-state index in [9.17, 15) is 14.0 Å². The molecule has 1 aliphatic heterocycles. The lowest BCUT2D eigenvalue weighted by Gasteiger charge is -2.38. The van der Waals surface area contributed by atoms with Crippen molar-refractivity contribution in [2.24, 2.45) is 5.92 Å². The molecule has 0 N–H and O–H groups in total. The number of benzene rings is 3. The molecule has 2 atom stereocenters. The van der Waals surface area contributed by atoms with Gasteiger partial charge in [-0.2, -0.15) is 0 Å². The van der Waals surface area contributed by atoms with Crippen LogP contribution in [0.25, 0.3) is 0 Å². The Kier molecular flexibility index (Phi) is 6.29. The number of carbonyl (C=O) groups excluding carboxylic acids is 2. The second-order valence-corrected chi connectivity index (χ2v) is 9.36. The highest BCUT2D eigenvalue weighted by molar-refractivity contribution is 5.96. The summed E-state index contributed by atoms with van der Waals surface area (Å²) in [5.41, 5.74) is 3.76. The maximum Gasteiger partial charge on any atom is 0.267 e. The summed E-state index contributed by atoms with van der Waals surface area (Å²) in [6.07, 6.45) is 1.90. The van der Waals surface area contributed by atoms with Gasteiger partial charge in [-0.1, -0.05) is 36.4 Å². The number of nitrogens with zero attached hydrogens (tertiary/aromatic N) is 2. The molecule has 5 rings (SSSR count). The molecule has 0 unspecified atom stereocenters. The third kappa shape index (κ3) is 4.78. The smallest absolute Gasteiger partial charge is 0.267 e. The van der Waals surface area contributed by atoms with Gasteiger partial charge >= 0.3 is 0 Å². The van der Waals surface area contributed by atoms with Crippen molar-refractivity contribution >= 4 is 17.5 Å². The maximum atomic E-state index is 13.7. The first kappa shape index (κ1) is 23.1. The fraction of sp³-hybridized carbons (Fsp3) is 0.310. The maximum absolute atomic E-state index is 13.7. The lowest BCUT2D eigenvalue weighted by Crippen LogP contribution is -2.41. The number of hydrogen-bond acceptors (Lipinski definition) is 3. The molecule has 35 heavy (non-hydrogen) atoms. The molecule has 1 saturated carbocycles. The molecule has 0 radical (unpaired) electrons. The molecule has 3 aromatic rings. The number of ether oxygens (including phenoxy) is 1. The van der Waals surface area contributed by atoms with Gasteiger partial charge in [-0.15, -0.1) is 0 Å². The number of anilines is 1. The summed E-state index contributed by atoms with van der Waals surface area (Å²) in [7, 11) is 1.73. The summed E-state index contributed by atoms with van der Waals surface area (Å²) in [6, 6.07) is 21.3. The fourth-order valence-electron chi connectivity index (χ4n) is 4.78. The van der Waals surface area contributed by atoms with Crippen molar-refractivity contribution in [1.29, 1.82) is 0 Å². The quantitative estimate of drug-likeness (QED) is 0.499. The van der Waals surface area contributed by atoms with E-state index in [0.717, 1.165) is 41.6 Å². The third-order valence-electron chi connectivity index (χ3n) is 6.88. The van der Waals surface area contributed by atoms with Crippen LogP contribution >= 0.6 is 0 Å². The van der Waals surface area contributed by atoms with Crippen LogP contribution < -0.4 is 9.64 Å². The summed E-state index contributed by atoms with van der Waals surface area (Å²) in [6.45, 7) is 2.36. The predicted octanol–water partition coefficient (Wildman–Crippen LogP) is 5.14. The number of likely N-dealkylation sites (N-methyl/N-ethyl adjacent to an activating group) is 1. The normalized spacial score (nSPS) is 17.9. The van der Waals surface area contributed by atoms with Crippen LogP contribution in [0.1, 0.15) is 42.5 Å². The number of carbonyl (C=O) groups is 2. The first-order valence-corrected chi connectivity index (χ1v) is 12.1. The Hall–Kier alpha value is -3.67. The summed E-state index contributed by atoms with van der Waals surface area (Å²) in [5.74, 6) is 0.347. The van der Waals surface area contributed by atoms with Gasteiger partial charge in [-0.25, -0.2) is 4.39 Å². The minimum atomic E-state index is -0.699. The number of fused-ring (bicyclic) bond motifs is 1. The lowest BCUT2D eigenvalue weighted by molar-refractivity contribution is -0.134. The van der Waals surface area contributed by atoms with Crippen LogP contribution in [-0.2, 0) is 16.0 Å². The van der Waals surface area contributed by atoms with Crippen molar-refractivity contribution in [3.05, 3.63) is 95.3 Å². The van der Waals surface area contributed by atoms with Crippen LogP contribution in [0.2, 0.25) is 0 Å². The van der Waals surface area contributed by atoms with Gasteiger partial charge in [-0.05, 0) is 79.3 Å². The number of halogens is 1. The predicted molar refractivity (Wildman–Crippen MR) is 133 cm³/mol. The minimum absolute atomic E-state index is 0.0881. The van der Waals surface area contributed by atoms with E-state index in [-0.39, 0.29) is 29.6 Å². The second-order valence-electron chi connectivity index (χ2n) is 9.36. The highest BCUT2D eigenvalue weighted by atomic mass is 19.1. The Bertz CT molecular complexity index is 1220. The Morgan fingerprint density at radius 3 is 2.43 bits per heavy atom. The van der Waals surface area contributed by atoms with Crippen molar-refractivity contribution in [3.63, 3.8) is 0 Å². The SMILES string of the molecule is C[C@@H](Oc1ccc2c(c1)[C@H](c1ccc(F)cc1)N(C(=O)C1CC1)CC2)C(=O)N(C)c1ccccc1. The molecule has 0 aromatic heterocycles. The van der Waals surface area contributed by atoms with Gasteiger partial charge in [0.05, 0.1) is 6.04 Å². The number of hydrogen-bond donors (Lipinski definition) is 0. The zero-order valence-electron chi connectivity index (χ0n) is 20.0. The highest BCUT2D eigenvalue weighted by Gasteiger charge is 2.39. The topological polar surface area (TPSA) is 49.9 Å². The van der Waals surface area contributed by atoms with Crippen molar-refractivity contribution < 1.29 is 18.7 Å². The van der Waals surface area contributed by atoms with Gasteiger partial charge in [0, 0.05) is 25.2 Å². The molecule has 1 heterocycles. The Morgan fingerprint density at radius 2 is 1.74 bits per heavy atom. The van der Waals surface area contributed by atoms with E-state index in [0.29, 0.717) is 12.3 Å². The van der Waals surface area contributed by atoms with Crippen LogP contribution in [0.4, 0.5) is 10.1 Å². The summed E-state index contributed by atoms with van der Waals surface area (Å²) < 4.78 is 19.8. The first-order chi connectivity index (χ1) is 16.9. The minimum Gasteiger partial charge on any atom is -0.481 e. The van der Waals surface area contributed by atoms with Gasteiger partial charge in [0.25, 0.3) is 5.91 Å². The number of para-hydroxylation sites is 1. The molecule has 0 saturated heterocycles. The lowest BCUT2D eigenvalue weighted by atomic mass is 9.87. The molecule has 2 aliphatic rings. The van der Waals surface area contributed by atoms with Gasteiger partial charge in [0.1, 0.15) is 11.6 Å². The molecule has 180 valence electrons. The zero-order valence-corrected chi connectivity index (χ0v) is 20.0. The van der Waals surface area contributed by atoms with E-state index < -0.39 is 6.10 Å². The van der Waals surface area contributed by atoms with Gasteiger partial charge in [0.15, 0.2) is 6.10 Å². The molecule has 0 bridgehead atoms. The van der Waals surface area contributed by atoms with E-state index in [4.69, 9.17) is 4.74 Å². The second kappa shape index (κ2) is 9.53. The largest absolute Gasteiger partial charge is 0.481 e. The van der Waals surface area contributed by atoms with Crippen molar-refractivity contribution in [3.8, 4) is 5.75 Å². The van der Waals surface area contributed by atoms with Crippen LogP contribution in [0.5, 0.6) is 5.75 Å². The van der Waals surface area contributed by atoms with Crippen LogP contribution in [0.15, 0.2) is 72.8 Å². The van der Waals surface area contributed by atoms with Crippen molar-refractivity contribution in [1.82, 2.24) is 4.90 Å². The van der Waals surface area contributed by atoms with E-state index in [1.165, 1.54) is 12.1 Å². The molecular weight excluding hydrogens is 443 g/mol. The molecule has 1 aliphatic carbocycles. The summed E-state index contributed by atoms with van der Waals surface area (Å²) in [5, 5.41) is 0. The van der Waals surface area contributed by atoms with Gasteiger partial charge in [-0.3, -0.25) is 9.59 Å². The average molecular weight is 473 g/mol. The number of rotatable bonds is 6. The van der Waals surface area contributed by atoms with Gasteiger partial charge in [0.2, 0.25) is 5.91 Å². The molecule has 3 aromatic carbocycles. The standard InChI is InChI=1S/C29H29FN2O3/c1-19(28(33)31(2)24-6-4-3-5-7-24)35-25-15-12-20-16-17-32(29(34)22-8-9-22)27(26(20)18-25)21-10-13-23(30)14-11-21/h3-7,10-15,18-19,22,27H,8-9,16-17H2,1-2H3/t19-,27+/m1/s1. The Labute approximate surface area is 205 Å². The summed E-state index contributed by atoms with van der Waals surface area (Å²) in [4.78, 5) is 29.7. The van der Waals surface area contributed by atoms with Crippen molar-refractivity contribution in [2.45, 2.75) is 38.3 Å². The van der Waals surface area contributed by atoms with E-state index in [1.54, 1.807) is 31.0 Å². The van der Waals surface area contributed by atoms with E-state index in [2.05, 4.69) is 0 Å². The molecule has 2 amide bonds. The molecule has 0 spiro atoms. The molecule has 1 fully saturated rings.